The summed E-state index contributed by atoms with van der Waals surface area (Å²) in [5, 5.41) is 8.97. The number of aliphatic hydroxyl groups is 1. The third-order valence-corrected chi connectivity index (χ3v) is 4.42. The van der Waals surface area contributed by atoms with E-state index < -0.39 is 10.2 Å². The second-order valence-electron chi connectivity index (χ2n) is 4.77. The van der Waals surface area contributed by atoms with E-state index in [1.54, 1.807) is 0 Å². The van der Waals surface area contributed by atoms with E-state index in [-0.39, 0.29) is 12.5 Å². The van der Waals surface area contributed by atoms with Crippen LogP contribution in [0.2, 0.25) is 0 Å². The number of nitrogens with zero attached hydrogens (tertiary/aromatic N) is 1. The van der Waals surface area contributed by atoms with Crippen molar-refractivity contribution in [3.8, 4) is 0 Å². The summed E-state index contributed by atoms with van der Waals surface area (Å²) in [6, 6.07) is 0. The molecule has 0 bridgehead atoms. The van der Waals surface area contributed by atoms with Crippen LogP contribution in [-0.4, -0.2) is 44.1 Å². The van der Waals surface area contributed by atoms with Gasteiger partial charge in [0.1, 0.15) is 0 Å². The van der Waals surface area contributed by atoms with Crippen LogP contribution in [0.25, 0.3) is 0 Å². The molecule has 0 amide bonds. The van der Waals surface area contributed by atoms with Crippen molar-refractivity contribution in [1.82, 2.24) is 9.03 Å². The molecule has 1 aliphatic rings. The zero-order valence-corrected chi connectivity index (χ0v) is 10.8. The molecule has 0 aromatic carbocycles. The minimum Gasteiger partial charge on any atom is -0.396 e. The van der Waals surface area contributed by atoms with Gasteiger partial charge in [0.2, 0.25) is 0 Å². The molecule has 2 N–H and O–H groups in total. The first kappa shape index (κ1) is 13.9. The third kappa shape index (κ3) is 4.01. The number of hydrogen-bond acceptors (Lipinski definition) is 3. The third-order valence-electron chi connectivity index (χ3n) is 2.85. The quantitative estimate of drug-likeness (QED) is 0.731. The van der Waals surface area contributed by atoms with Crippen LogP contribution in [0, 0.1) is 11.8 Å². The lowest BCUT2D eigenvalue weighted by atomic mass is 10.00. The van der Waals surface area contributed by atoms with Gasteiger partial charge in [-0.25, -0.2) is 4.72 Å². The van der Waals surface area contributed by atoms with Gasteiger partial charge in [-0.15, -0.1) is 0 Å². The Morgan fingerprint density at radius 2 is 1.94 bits per heavy atom. The number of rotatable bonds is 5. The van der Waals surface area contributed by atoms with Gasteiger partial charge in [-0.3, -0.25) is 0 Å². The zero-order chi connectivity index (χ0) is 12.2. The Morgan fingerprint density at radius 1 is 1.38 bits per heavy atom. The van der Waals surface area contributed by atoms with E-state index in [1.165, 1.54) is 4.31 Å². The van der Waals surface area contributed by atoms with Gasteiger partial charge in [0, 0.05) is 26.2 Å². The van der Waals surface area contributed by atoms with E-state index in [2.05, 4.69) is 4.72 Å². The molecule has 0 aliphatic carbocycles. The SMILES string of the molecule is CC(C)CNS(=O)(=O)N1CCC(CO)CC1. The molecule has 0 spiro atoms. The Labute approximate surface area is 98.0 Å². The fourth-order valence-electron chi connectivity index (χ4n) is 1.70. The van der Waals surface area contributed by atoms with Crippen LogP contribution >= 0.6 is 0 Å². The average Bonchev–Trinajstić information content (AvgIpc) is 2.27. The normalized spacial score (nSPS) is 20.5. The highest BCUT2D eigenvalue weighted by Gasteiger charge is 2.27. The van der Waals surface area contributed by atoms with Crippen LogP contribution in [0.1, 0.15) is 26.7 Å². The molecule has 0 unspecified atom stereocenters. The zero-order valence-electron chi connectivity index (χ0n) is 10.0. The Morgan fingerprint density at radius 3 is 2.38 bits per heavy atom. The van der Waals surface area contributed by atoms with E-state index in [4.69, 9.17) is 5.11 Å². The summed E-state index contributed by atoms with van der Waals surface area (Å²) in [6.07, 6.45) is 1.50. The average molecular weight is 250 g/mol. The largest absolute Gasteiger partial charge is 0.396 e. The monoisotopic (exact) mass is 250 g/mol. The molecule has 1 fully saturated rings. The van der Waals surface area contributed by atoms with E-state index in [0.29, 0.717) is 25.6 Å². The van der Waals surface area contributed by atoms with Crippen LogP contribution < -0.4 is 4.72 Å². The second kappa shape index (κ2) is 5.95. The van der Waals surface area contributed by atoms with Crippen molar-refractivity contribution in [1.29, 1.82) is 0 Å². The molecular formula is C10H22N2O3S. The summed E-state index contributed by atoms with van der Waals surface area (Å²) in [5.74, 6) is 0.571. The first-order valence-electron chi connectivity index (χ1n) is 5.81. The summed E-state index contributed by atoms with van der Waals surface area (Å²) < 4.78 is 27.7. The van der Waals surface area contributed by atoms with E-state index in [9.17, 15) is 8.42 Å². The number of nitrogens with one attached hydrogen (secondary N) is 1. The van der Waals surface area contributed by atoms with Crippen molar-refractivity contribution in [2.24, 2.45) is 11.8 Å². The van der Waals surface area contributed by atoms with Crippen LogP contribution in [-0.2, 0) is 10.2 Å². The molecule has 0 atom stereocenters. The van der Waals surface area contributed by atoms with E-state index in [1.807, 2.05) is 13.8 Å². The Balaban J connectivity index is 2.45. The minimum absolute atomic E-state index is 0.160. The Kier molecular flexibility index (Phi) is 5.17. The molecule has 96 valence electrons. The highest BCUT2D eigenvalue weighted by atomic mass is 32.2. The molecule has 6 heteroatoms. The van der Waals surface area contributed by atoms with Crippen molar-refractivity contribution in [2.45, 2.75) is 26.7 Å². The van der Waals surface area contributed by atoms with E-state index >= 15 is 0 Å². The van der Waals surface area contributed by atoms with Crippen molar-refractivity contribution in [2.75, 3.05) is 26.2 Å². The standard InChI is InChI=1S/C10H22N2O3S/c1-9(2)7-11-16(14,15)12-5-3-10(8-13)4-6-12/h9-11,13H,3-8H2,1-2H3. The van der Waals surface area contributed by atoms with Crippen molar-refractivity contribution >= 4 is 10.2 Å². The van der Waals surface area contributed by atoms with Crippen LogP contribution in [0.5, 0.6) is 0 Å². The fourth-order valence-corrected chi connectivity index (χ4v) is 3.11. The maximum atomic E-state index is 11.8. The van der Waals surface area contributed by atoms with Gasteiger partial charge in [0.05, 0.1) is 0 Å². The van der Waals surface area contributed by atoms with Gasteiger partial charge in [0.25, 0.3) is 10.2 Å². The highest BCUT2D eigenvalue weighted by Crippen LogP contribution is 2.18. The predicted octanol–water partition coefficient (Wildman–Crippen LogP) is 0.181. The fraction of sp³-hybridized carbons (Fsp3) is 1.00. The van der Waals surface area contributed by atoms with Gasteiger partial charge >= 0.3 is 0 Å². The molecule has 16 heavy (non-hydrogen) atoms. The van der Waals surface area contributed by atoms with Crippen LogP contribution in [0.4, 0.5) is 0 Å². The first-order chi connectivity index (χ1) is 7.45. The highest BCUT2D eigenvalue weighted by molar-refractivity contribution is 7.87. The molecular weight excluding hydrogens is 228 g/mol. The maximum Gasteiger partial charge on any atom is 0.279 e. The summed E-state index contributed by atoms with van der Waals surface area (Å²) in [7, 11) is -3.31. The number of hydrogen-bond donors (Lipinski definition) is 2. The van der Waals surface area contributed by atoms with Crippen molar-refractivity contribution in [3.63, 3.8) is 0 Å². The molecule has 0 aromatic rings. The molecule has 1 heterocycles. The van der Waals surface area contributed by atoms with Crippen LogP contribution in [0.3, 0.4) is 0 Å². The van der Waals surface area contributed by atoms with Crippen molar-refractivity contribution < 1.29 is 13.5 Å². The summed E-state index contributed by atoms with van der Waals surface area (Å²) in [5.41, 5.74) is 0. The maximum absolute atomic E-state index is 11.8. The molecule has 1 aliphatic heterocycles. The minimum atomic E-state index is -3.31. The summed E-state index contributed by atoms with van der Waals surface area (Å²) in [4.78, 5) is 0. The smallest absolute Gasteiger partial charge is 0.279 e. The van der Waals surface area contributed by atoms with Gasteiger partial charge in [-0.1, -0.05) is 13.8 Å². The number of aliphatic hydroxyl groups excluding tert-OH is 1. The van der Waals surface area contributed by atoms with Gasteiger partial charge in [-0.05, 0) is 24.7 Å². The number of piperidine rings is 1. The van der Waals surface area contributed by atoms with Crippen LogP contribution in [0.15, 0.2) is 0 Å². The Hall–Kier alpha value is -0.170. The molecule has 1 saturated heterocycles. The lowest BCUT2D eigenvalue weighted by Gasteiger charge is -2.30. The Bertz CT molecular complexity index is 295. The summed E-state index contributed by atoms with van der Waals surface area (Å²) in [6.45, 7) is 5.61. The molecule has 0 saturated carbocycles. The summed E-state index contributed by atoms with van der Waals surface area (Å²) >= 11 is 0. The molecule has 5 nitrogen and oxygen atoms in total. The van der Waals surface area contributed by atoms with Gasteiger partial charge in [-0.2, -0.15) is 12.7 Å². The first-order valence-corrected chi connectivity index (χ1v) is 7.25. The lowest BCUT2D eigenvalue weighted by molar-refractivity contribution is 0.169. The molecule has 1 rings (SSSR count). The molecule has 0 aromatic heterocycles. The topological polar surface area (TPSA) is 69.6 Å². The predicted molar refractivity (Wildman–Crippen MR) is 63.1 cm³/mol. The second-order valence-corrected chi connectivity index (χ2v) is 6.53. The van der Waals surface area contributed by atoms with E-state index in [0.717, 1.165) is 12.8 Å². The van der Waals surface area contributed by atoms with Gasteiger partial charge in [0.15, 0.2) is 0 Å². The molecule has 0 radical (unpaired) electrons. The lowest BCUT2D eigenvalue weighted by Crippen LogP contribution is -2.46. The van der Waals surface area contributed by atoms with Gasteiger partial charge < -0.3 is 5.11 Å². The van der Waals surface area contributed by atoms with Crippen molar-refractivity contribution in [3.05, 3.63) is 0 Å².